The number of anilines is 2. The van der Waals surface area contributed by atoms with Crippen molar-refractivity contribution in [2.45, 2.75) is 56.1 Å². The van der Waals surface area contributed by atoms with Gasteiger partial charge >= 0.3 is 11.7 Å². The summed E-state index contributed by atoms with van der Waals surface area (Å²) in [6, 6.07) is 5.68. The first kappa shape index (κ1) is 27.7. The number of carbonyl (C=O) groups excluding carboxylic acids is 2. The Morgan fingerprint density at radius 1 is 1.17 bits per heavy atom. The first-order chi connectivity index (χ1) is 17.0. The molecule has 13 heteroatoms. The number of imidazole rings is 1. The Morgan fingerprint density at radius 3 is 2.50 bits per heavy atom. The van der Waals surface area contributed by atoms with Gasteiger partial charge in [0.25, 0.3) is 10.0 Å². The van der Waals surface area contributed by atoms with Gasteiger partial charge in [-0.2, -0.15) is 4.98 Å². The van der Waals surface area contributed by atoms with Crippen LogP contribution in [0.5, 0.6) is 0 Å². The van der Waals surface area contributed by atoms with Gasteiger partial charge in [0.1, 0.15) is 5.69 Å². The number of nitrogens with zero attached hydrogens (tertiary/aromatic N) is 2. The highest BCUT2D eigenvalue weighted by Gasteiger charge is 2.27. The van der Waals surface area contributed by atoms with Gasteiger partial charge < -0.3 is 10.1 Å². The maximum absolute atomic E-state index is 13.1. The van der Waals surface area contributed by atoms with Crippen LogP contribution >= 0.6 is 23.1 Å². The van der Waals surface area contributed by atoms with Gasteiger partial charge in [0, 0.05) is 29.6 Å². The number of amides is 1. The summed E-state index contributed by atoms with van der Waals surface area (Å²) in [4.78, 5) is 40.4. The lowest BCUT2D eigenvalue weighted by atomic mass is 10.2. The fourth-order valence-corrected chi connectivity index (χ4v) is 6.89. The van der Waals surface area contributed by atoms with E-state index in [-0.39, 0.29) is 22.6 Å². The summed E-state index contributed by atoms with van der Waals surface area (Å²) in [6.45, 7) is 7.16. The van der Waals surface area contributed by atoms with E-state index in [4.69, 9.17) is 4.74 Å². The number of sulfonamides is 1. The molecule has 1 aromatic rings. The monoisotopic (exact) mass is 552 g/mol. The quantitative estimate of drug-likeness (QED) is 0.207. The average molecular weight is 553 g/mol. The predicted molar refractivity (Wildman–Crippen MR) is 141 cm³/mol. The third-order valence-electron chi connectivity index (χ3n) is 5.16. The maximum atomic E-state index is 13.1. The van der Waals surface area contributed by atoms with Crippen molar-refractivity contribution in [1.29, 1.82) is 0 Å². The van der Waals surface area contributed by atoms with Crippen molar-refractivity contribution in [2.75, 3.05) is 22.4 Å². The molecule has 1 aromatic carbocycles. The largest absolute Gasteiger partial charge is 0.466 e. The Hall–Kier alpha value is -2.90. The van der Waals surface area contributed by atoms with Crippen LogP contribution in [0, 0.1) is 13.8 Å². The van der Waals surface area contributed by atoms with Crippen molar-refractivity contribution >= 4 is 56.5 Å². The van der Waals surface area contributed by atoms with E-state index >= 15 is 0 Å². The fourth-order valence-electron chi connectivity index (χ4n) is 3.36. The normalized spacial score (nSPS) is 11.4. The third kappa shape index (κ3) is 6.65. The molecular weight excluding hydrogens is 524 g/mol. The number of benzene rings is 1. The smallest absolute Gasteiger partial charge is 0.354 e. The minimum absolute atomic E-state index is 0.0362. The van der Waals surface area contributed by atoms with Crippen molar-refractivity contribution in [3.63, 3.8) is 0 Å². The summed E-state index contributed by atoms with van der Waals surface area (Å²) in [5.41, 5.74) is 0.984. The van der Waals surface area contributed by atoms with Crippen molar-refractivity contribution < 1.29 is 22.7 Å². The molecule has 0 aliphatic carbocycles. The number of rotatable bonds is 11. The predicted octanol–water partition coefficient (Wildman–Crippen LogP) is 3.93. The number of hydrogen-bond donors (Lipinski definition) is 2. The molecule has 2 aliphatic rings. The third-order valence-corrected chi connectivity index (χ3v) is 9.05. The second kappa shape index (κ2) is 11.9. The Balaban J connectivity index is 1.85. The van der Waals surface area contributed by atoms with E-state index in [2.05, 4.69) is 15.0 Å². The highest BCUT2D eigenvalue weighted by molar-refractivity contribution is 8.01. The molecule has 0 aromatic heterocycles. The van der Waals surface area contributed by atoms with Crippen LogP contribution in [0.1, 0.15) is 43.7 Å². The lowest BCUT2D eigenvalue weighted by molar-refractivity contribution is -0.143. The van der Waals surface area contributed by atoms with Gasteiger partial charge in [-0.25, -0.2) is 13.2 Å². The van der Waals surface area contributed by atoms with Crippen LogP contribution in [0.2, 0.25) is 0 Å². The summed E-state index contributed by atoms with van der Waals surface area (Å²) >= 11 is 2.95. The van der Waals surface area contributed by atoms with E-state index in [1.165, 1.54) is 58.9 Å². The highest BCUT2D eigenvalue weighted by atomic mass is 32.2. The molecule has 36 heavy (non-hydrogen) atoms. The van der Waals surface area contributed by atoms with Gasteiger partial charge in [0.2, 0.25) is 5.91 Å². The van der Waals surface area contributed by atoms with E-state index in [1.54, 1.807) is 13.8 Å². The number of esters is 1. The molecule has 3 rings (SSSR count). The molecule has 1 amide bonds. The summed E-state index contributed by atoms with van der Waals surface area (Å²) < 4.78 is 35.7. The number of hydrogen-bond acceptors (Lipinski definition) is 9. The zero-order chi connectivity index (χ0) is 26.5. The van der Waals surface area contributed by atoms with Gasteiger partial charge in [0.05, 0.1) is 15.7 Å². The Bertz CT molecular complexity index is 1380. The summed E-state index contributed by atoms with van der Waals surface area (Å²) in [7, 11) is -4.05. The Morgan fingerprint density at radius 2 is 1.86 bits per heavy atom. The topological polar surface area (TPSA) is 136 Å². The second-order valence-corrected chi connectivity index (χ2v) is 12.2. The second-order valence-electron chi connectivity index (χ2n) is 7.88. The molecule has 0 atom stereocenters. The zero-order valence-corrected chi connectivity index (χ0v) is 22.9. The van der Waals surface area contributed by atoms with Crippen molar-refractivity contribution in [3.8, 4) is 5.69 Å². The van der Waals surface area contributed by atoms with Gasteiger partial charge in [-0.15, -0.1) is 23.1 Å². The minimum Gasteiger partial charge on any atom is -0.466 e. The van der Waals surface area contributed by atoms with E-state index < -0.39 is 15.7 Å². The van der Waals surface area contributed by atoms with E-state index in [0.717, 1.165) is 15.5 Å². The molecule has 2 N–H and O–H groups in total. The van der Waals surface area contributed by atoms with Crippen molar-refractivity contribution in [2.24, 2.45) is 0 Å². The van der Waals surface area contributed by atoms with Crippen molar-refractivity contribution in [3.05, 3.63) is 45.3 Å². The van der Waals surface area contributed by atoms with Crippen LogP contribution in [0.25, 0.3) is 5.69 Å². The molecule has 10 nitrogen and oxygen atoms in total. The van der Waals surface area contributed by atoms with Gasteiger partial charge in [0.15, 0.2) is 5.82 Å². The average Bonchev–Trinajstić information content (AvgIpc) is 3.12. The van der Waals surface area contributed by atoms with Crippen LogP contribution in [0.3, 0.4) is 0 Å². The van der Waals surface area contributed by atoms with E-state index in [1.807, 2.05) is 6.92 Å². The molecule has 2 heterocycles. The molecule has 0 radical (unpaired) electrons. The lowest BCUT2D eigenvalue weighted by Crippen LogP contribution is -2.17. The van der Waals surface area contributed by atoms with Crippen LogP contribution in [-0.4, -0.2) is 42.2 Å². The zero-order valence-electron chi connectivity index (χ0n) is 20.4. The number of nitrogens with one attached hydrogen (secondary N) is 2. The van der Waals surface area contributed by atoms with Crippen molar-refractivity contribution in [1.82, 2.24) is 9.55 Å². The SMILES string of the molecule is CCOC(=O)CCCCSc1sc(C)c(C)n2c(=O)nc(NS(=O)(=O)c3ccc(NC(C)=O)cc3)c1-2. The van der Waals surface area contributed by atoms with Gasteiger partial charge in [-0.1, -0.05) is 0 Å². The minimum atomic E-state index is -4.05. The van der Waals surface area contributed by atoms with Crippen LogP contribution < -0.4 is 15.7 Å². The molecule has 0 unspecified atom stereocenters. The maximum Gasteiger partial charge on any atom is 0.354 e. The fraction of sp³-hybridized carbons (Fsp3) is 0.391. The molecule has 2 aliphatic heterocycles. The number of thioether (sulfide) groups is 1. The van der Waals surface area contributed by atoms with Crippen LogP contribution in [0.4, 0.5) is 11.5 Å². The number of unbranched alkanes of at least 4 members (excludes halogenated alkanes) is 1. The summed E-state index contributed by atoms with van der Waals surface area (Å²) in [5, 5.41) is 2.58. The molecule has 0 saturated heterocycles. The molecular formula is C23H28N4O6S3. The highest BCUT2D eigenvalue weighted by Crippen LogP contribution is 2.38. The first-order valence-electron chi connectivity index (χ1n) is 11.2. The summed E-state index contributed by atoms with van der Waals surface area (Å²) in [6.07, 6.45) is 1.75. The number of fused-ring (bicyclic) bond motifs is 1. The number of carbonyl (C=O) groups is 2. The standard InChI is InChI=1S/C23H28N4O6S3/c1-5-33-19(29)8-6-7-13-34-22-20-21(25-23(30)27(20)14(2)15(3)35-22)26-36(31,32)18-11-9-17(10-12-18)24-16(4)28/h9-12H,5-8,13H2,1-4H3,(H,24,28)(H,25,26,30). The number of aromatic nitrogens is 2. The Labute approximate surface area is 217 Å². The molecule has 0 fully saturated rings. The van der Waals surface area contributed by atoms with Crippen LogP contribution in [0.15, 0.2) is 38.2 Å². The number of aryl methyl sites for hydroxylation is 1. The summed E-state index contributed by atoms with van der Waals surface area (Å²) in [5.74, 6) is 0.130. The van der Waals surface area contributed by atoms with E-state index in [9.17, 15) is 22.8 Å². The molecule has 0 saturated carbocycles. The van der Waals surface area contributed by atoms with E-state index in [0.29, 0.717) is 42.3 Å². The van der Waals surface area contributed by atoms with Crippen LogP contribution in [-0.2, 0) is 24.3 Å². The first-order valence-corrected chi connectivity index (χ1v) is 14.5. The van der Waals surface area contributed by atoms with Gasteiger partial charge in [-0.05, 0) is 63.6 Å². The molecule has 0 bridgehead atoms. The molecule has 0 spiro atoms. The number of ether oxygens (including phenoxy) is 1. The Kier molecular flexibility index (Phi) is 9.14. The lowest BCUT2D eigenvalue weighted by Gasteiger charge is -2.16. The van der Waals surface area contributed by atoms with Gasteiger partial charge in [-0.3, -0.25) is 18.9 Å². The molecule has 194 valence electrons.